The van der Waals surface area contributed by atoms with Gasteiger partial charge in [-0.15, -0.1) is 11.8 Å². The van der Waals surface area contributed by atoms with Crippen molar-refractivity contribution < 1.29 is 4.79 Å². The molecule has 0 spiro atoms. The van der Waals surface area contributed by atoms with Gasteiger partial charge in [0.15, 0.2) is 0 Å². The Balaban J connectivity index is 1.80. The lowest BCUT2D eigenvalue weighted by atomic mass is 10.0. The molecule has 2 rings (SSSR count). The van der Waals surface area contributed by atoms with E-state index in [9.17, 15) is 4.79 Å². The Labute approximate surface area is 137 Å². The molecule has 1 amide bonds. The first-order chi connectivity index (χ1) is 10.5. The summed E-state index contributed by atoms with van der Waals surface area (Å²) in [5.74, 6) is 1.85. The van der Waals surface area contributed by atoms with Gasteiger partial charge in [0.2, 0.25) is 5.91 Å². The van der Waals surface area contributed by atoms with Crippen molar-refractivity contribution in [3.05, 3.63) is 65.2 Å². The fraction of sp³-hybridized carbons (Fsp3) is 0.316. The van der Waals surface area contributed by atoms with Gasteiger partial charge in [-0.3, -0.25) is 4.79 Å². The van der Waals surface area contributed by atoms with E-state index < -0.39 is 0 Å². The number of aryl methyl sites for hydroxylation is 1. The van der Waals surface area contributed by atoms with Gasteiger partial charge in [0, 0.05) is 11.4 Å². The predicted molar refractivity (Wildman–Crippen MR) is 96.5 cm³/mol. The SMILES string of the molecule is Cc1ccc(CSCC(=O)Nc2cccc(C(C)C)c2)cc1. The Hall–Kier alpha value is -1.74. The van der Waals surface area contributed by atoms with Crippen molar-refractivity contribution in [2.24, 2.45) is 0 Å². The number of amides is 1. The van der Waals surface area contributed by atoms with Gasteiger partial charge < -0.3 is 5.32 Å². The minimum atomic E-state index is 0.0537. The van der Waals surface area contributed by atoms with E-state index in [0.717, 1.165) is 11.4 Å². The van der Waals surface area contributed by atoms with E-state index in [0.29, 0.717) is 11.7 Å². The summed E-state index contributed by atoms with van der Waals surface area (Å²) < 4.78 is 0. The Morgan fingerprint density at radius 1 is 1.14 bits per heavy atom. The summed E-state index contributed by atoms with van der Waals surface area (Å²) in [6, 6.07) is 16.5. The van der Waals surface area contributed by atoms with Crippen LogP contribution in [-0.4, -0.2) is 11.7 Å². The van der Waals surface area contributed by atoms with Gasteiger partial charge in [0.1, 0.15) is 0 Å². The van der Waals surface area contributed by atoms with E-state index >= 15 is 0 Å². The summed E-state index contributed by atoms with van der Waals surface area (Å²) >= 11 is 1.64. The summed E-state index contributed by atoms with van der Waals surface area (Å²) in [5, 5.41) is 2.97. The van der Waals surface area contributed by atoms with Crippen LogP contribution in [0, 0.1) is 6.92 Å². The Bertz CT molecular complexity index is 620. The molecule has 2 nitrogen and oxygen atoms in total. The molecule has 0 unspecified atom stereocenters. The molecule has 0 aliphatic heterocycles. The maximum absolute atomic E-state index is 12.0. The fourth-order valence-electron chi connectivity index (χ4n) is 2.12. The summed E-state index contributed by atoms with van der Waals surface area (Å²) in [5.41, 5.74) is 4.64. The molecule has 22 heavy (non-hydrogen) atoms. The van der Waals surface area contributed by atoms with Gasteiger partial charge in [-0.1, -0.05) is 55.8 Å². The van der Waals surface area contributed by atoms with Crippen LogP contribution in [0.4, 0.5) is 5.69 Å². The summed E-state index contributed by atoms with van der Waals surface area (Å²) in [4.78, 5) is 12.0. The quantitative estimate of drug-likeness (QED) is 0.814. The Kier molecular flexibility index (Phi) is 6.08. The second-order valence-electron chi connectivity index (χ2n) is 5.81. The Morgan fingerprint density at radius 2 is 1.86 bits per heavy atom. The largest absolute Gasteiger partial charge is 0.325 e. The lowest BCUT2D eigenvalue weighted by molar-refractivity contribution is -0.113. The topological polar surface area (TPSA) is 29.1 Å². The number of anilines is 1. The van der Waals surface area contributed by atoms with E-state index in [-0.39, 0.29) is 5.91 Å². The first kappa shape index (κ1) is 16.6. The van der Waals surface area contributed by atoms with E-state index in [4.69, 9.17) is 0 Å². The molecule has 0 aromatic heterocycles. The fourth-order valence-corrected chi connectivity index (χ4v) is 2.91. The average Bonchev–Trinajstić information content (AvgIpc) is 2.49. The van der Waals surface area contributed by atoms with Gasteiger partial charge in [-0.2, -0.15) is 0 Å². The summed E-state index contributed by atoms with van der Waals surface area (Å²) in [6.07, 6.45) is 0. The van der Waals surface area contributed by atoms with Crippen LogP contribution in [0.2, 0.25) is 0 Å². The highest BCUT2D eigenvalue weighted by Crippen LogP contribution is 2.19. The minimum absolute atomic E-state index is 0.0537. The predicted octanol–water partition coefficient (Wildman–Crippen LogP) is 4.99. The number of carbonyl (C=O) groups is 1. The number of hydrogen-bond acceptors (Lipinski definition) is 2. The van der Waals surface area contributed by atoms with Crippen molar-refractivity contribution in [1.82, 2.24) is 0 Å². The van der Waals surface area contributed by atoms with Crippen LogP contribution >= 0.6 is 11.8 Å². The van der Waals surface area contributed by atoms with Crippen molar-refractivity contribution in [2.75, 3.05) is 11.1 Å². The molecule has 0 bridgehead atoms. The van der Waals surface area contributed by atoms with Gasteiger partial charge in [0.25, 0.3) is 0 Å². The van der Waals surface area contributed by atoms with Crippen LogP contribution in [0.5, 0.6) is 0 Å². The zero-order valence-corrected chi connectivity index (χ0v) is 14.2. The lowest BCUT2D eigenvalue weighted by Gasteiger charge is -2.09. The monoisotopic (exact) mass is 313 g/mol. The molecule has 0 saturated heterocycles. The zero-order chi connectivity index (χ0) is 15.9. The van der Waals surface area contributed by atoms with E-state index in [1.165, 1.54) is 16.7 Å². The molecule has 1 N–H and O–H groups in total. The van der Waals surface area contributed by atoms with Gasteiger partial charge in [-0.05, 0) is 36.1 Å². The third-order valence-corrected chi connectivity index (χ3v) is 4.46. The van der Waals surface area contributed by atoms with E-state index in [2.05, 4.69) is 56.4 Å². The van der Waals surface area contributed by atoms with Crippen molar-refractivity contribution in [2.45, 2.75) is 32.4 Å². The smallest absolute Gasteiger partial charge is 0.234 e. The first-order valence-electron chi connectivity index (χ1n) is 7.57. The van der Waals surface area contributed by atoms with Gasteiger partial charge in [0.05, 0.1) is 5.75 Å². The molecule has 0 aliphatic carbocycles. The second-order valence-corrected chi connectivity index (χ2v) is 6.79. The highest BCUT2D eigenvalue weighted by Gasteiger charge is 2.05. The molecule has 0 heterocycles. The lowest BCUT2D eigenvalue weighted by Crippen LogP contribution is -2.14. The molecule has 116 valence electrons. The van der Waals surface area contributed by atoms with Crippen LogP contribution in [0.3, 0.4) is 0 Å². The number of hydrogen-bond donors (Lipinski definition) is 1. The highest BCUT2D eigenvalue weighted by molar-refractivity contribution is 7.99. The van der Waals surface area contributed by atoms with Crippen LogP contribution < -0.4 is 5.32 Å². The average molecular weight is 313 g/mol. The molecule has 0 atom stereocenters. The summed E-state index contributed by atoms with van der Waals surface area (Å²) in [7, 11) is 0. The van der Waals surface area contributed by atoms with Crippen LogP contribution in [0.15, 0.2) is 48.5 Å². The highest BCUT2D eigenvalue weighted by atomic mass is 32.2. The molecular formula is C19H23NOS. The Morgan fingerprint density at radius 3 is 2.55 bits per heavy atom. The molecule has 0 radical (unpaired) electrons. The van der Waals surface area contributed by atoms with Crippen LogP contribution in [-0.2, 0) is 10.5 Å². The van der Waals surface area contributed by atoms with Crippen molar-refractivity contribution in [3.63, 3.8) is 0 Å². The minimum Gasteiger partial charge on any atom is -0.325 e. The molecule has 3 heteroatoms. The van der Waals surface area contributed by atoms with Crippen LogP contribution in [0.1, 0.15) is 36.5 Å². The van der Waals surface area contributed by atoms with Crippen molar-refractivity contribution in [3.8, 4) is 0 Å². The molecule has 2 aromatic carbocycles. The maximum Gasteiger partial charge on any atom is 0.234 e. The standard InChI is InChI=1S/C19H23NOS/c1-14(2)17-5-4-6-18(11-17)20-19(21)13-22-12-16-9-7-15(3)8-10-16/h4-11,14H,12-13H2,1-3H3,(H,20,21). The molecule has 0 aliphatic rings. The number of thioether (sulfide) groups is 1. The van der Waals surface area contributed by atoms with E-state index in [1.807, 2.05) is 18.2 Å². The first-order valence-corrected chi connectivity index (χ1v) is 8.73. The van der Waals surface area contributed by atoms with Gasteiger partial charge in [-0.25, -0.2) is 0 Å². The number of benzene rings is 2. The summed E-state index contributed by atoms with van der Waals surface area (Å²) in [6.45, 7) is 6.38. The molecule has 2 aromatic rings. The van der Waals surface area contributed by atoms with Crippen molar-refractivity contribution >= 4 is 23.4 Å². The van der Waals surface area contributed by atoms with Crippen molar-refractivity contribution in [1.29, 1.82) is 0 Å². The normalized spacial score (nSPS) is 10.7. The second kappa shape index (κ2) is 8.04. The molecular weight excluding hydrogens is 290 g/mol. The number of carbonyl (C=O) groups excluding carboxylic acids is 1. The number of rotatable bonds is 6. The molecule has 0 saturated carbocycles. The number of nitrogens with one attached hydrogen (secondary N) is 1. The van der Waals surface area contributed by atoms with Crippen LogP contribution in [0.25, 0.3) is 0 Å². The third kappa shape index (κ3) is 5.23. The maximum atomic E-state index is 12.0. The zero-order valence-electron chi connectivity index (χ0n) is 13.4. The third-order valence-electron chi connectivity index (χ3n) is 3.46. The van der Waals surface area contributed by atoms with E-state index in [1.54, 1.807) is 11.8 Å². The van der Waals surface area contributed by atoms with Gasteiger partial charge >= 0.3 is 0 Å². The molecule has 0 fully saturated rings.